The standard InChI is InChI=1S/C25H28N4O3/c30-24(20-7-2-10-26-14-20)28-15-22-8-9-25(32-22)17-29(12-13-31-18-25)16-21-5-1-4-19-6-3-11-27-23(19)21/h1-7,10-11,14,22H,8-9,12-13,15-18H2,(H,28,30)/t22-,25-/m1/s1. The molecule has 4 heterocycles. The van der Waals surface area contributed by atoms with Crippen molar-refractivity contribution in [1.82, 2.24) is 20.2 Å². The Morgan fingerprint density at radius 3 is 3.00 bits per heavy atom. The number of rotatable bonds is 5. The first-order valence-electron chi connectivity index (χ1n) is 11.2. The molecule has 2 atom stereocenters. The fourth-order valence-corrected chi connectivity index (χ4v) is 4.72. The van der Waals surface area contributed by atoms with Crippen LogP contribution in [0.4, 0.5) is 0 Å². The predicted molar refractivity (Wildman–Crippen MR) is 121 cm³/mol. The van der Waals surface area contributed by atoms with Crippen molar-refractivity contribution in [2.24, 2.45) is 0 Å². The Hall–Kier alpha value is -2.87. The summed E-state index contributed by atoms with van der Waals surface area (Å²) in [5.41, 5.74) is 2.50. The Morgan fingerprint density at radius 2 is 2.09 bits per heavy atom. The molecular formula is C25H28N4O3. The summed E-state index contributed by atoms with van der Waals surface area (Å²) in [6.07, 6.45) is 6.89. The number of nitrogens with one attached hydrogen (secondary N) is 1. The molecule has 1 N–H and O–H groups in total. The van der Waals surface area contributed by atoms with Crippen LogP contribution < -0.4 is 5.32 Å². The molecule has 0 radical (unpaired) electrons. The molecule has 2 aromatic heterocycles. The van der Waals surface area contributed by atoms with Gasteiger partial charge in [0.05, 0.1) is 30.4 Å². The molecule has 2 saturated heterocycles. The van der Waals surface area contributed by atoms with E-state index >= 15 is 0 Å². The molecule has 5 rings (SSSR count). The molecule has 32 heavy (non-hydrogen) atoms. The van der Waals surface area contributed by atoms with Gasteiger partial charge in [-0.15, -0.1) is 0 Å². The van der Waals surface area contributed by atoms with Gasteiger partial charge in [-0.2, -0.15) is 0 Å². The van der Waals surface area contributed by atoms with E-state index in [2.05, 4.69) is 44.5 Å². The van der Waals surface area contributed by atoms with Gasteiger partial charge < -0.3 is 14.8 Å². The Labute approximate surface area is 187 Å². The lowest BCUT2D eigenvalue weighted by atomic mass is 9.99. The maximum Gasteiger partial charge on any atom is 0.252 e. The number of carbonyl (C=O) groups is 1. The second kappa shape index (κ2) is 9.32. The van der Waals surface area contributed by atoms with Crippen molar-refractivity contribution in [2.45, 2.75) is 31.1 Å². The van der Waals surface area contributed by atoms with Crippen LogP contribution in [0, 0.1) is 0 Å². The van der Waals surface area contributed by atoms with E-state index < -0.39 is 0 Å². The van der Waals surface area contributed by atoms with Gasteiger partial charge in [-0.05, 0) is 36.6 Å². The van der Waals surface area contributed by atoms with Gasteiger partial charge in [-0.3, -0.25) is 19.7 Å². The number of pyridine rings is 2. The molecule has 2 aliphatic heterocycles. The molecule has 2 fully saturated rings. The summed E-state index contributed by atoms with van der Waals surface area (Å²) in [7, 11) is 0. The highest BCUT2D eigenvalue weighted by atomic mass is 16.6. The number of amides is 1. The molecule has 2 aliphatic rings. The topological polar surface area (TPSA) is 76.6 Å². The smallest absolute Gasteiger partial charge is 0.252 e. The van der Waals surface area contributed by atoms with Crippen LogP contribution in [0.2, 0.25) is 0 Å². The summed E-state index contributed by atoms with van der Waals surface area (Å²) < 4.78 is 12.5. The number of aromatic nitrogens is 2. The molecule has 1 spiro atoms. The molecular weight excluding hydrogens is 404 g/mol. The first-order chi connectivity index (χ1) is 15.7. The largest absolute Gasteiger partial charge is 0.377 e. The highest BCUT2D eigenvalue weighted by Gasteiger charge is 2.43. The maximum atomic E-state index is 12.3. The van der Waals surface area contributed by atoms with Crippen LogP contribution in [-0.4, -0.2) is 65.3 Å². The molecule has 0 saturated carbocycles. The maximum absolute atomic E-state index is 12.3. The molecule has 0 aliphatic carbocycles. The highest BCUT2D eigenvalue weighted by Crippen LogP contribution is 2.33. The zero-order valence-electron chi connectivity index (χ0n) is 18.1. The van der Waals surface area contributed by atoms with E-state index in [9.17, 15) is 4.79 Å². The van der Waals surface area contributed by atoms with Crippen LogP contribution in [-0.2, 0) is 16.0 Å². The number of nitrogens with zero attached hydrogens (tertiary/aromatic N) is 3. The average molecular weight is 433 g/mol. The Bertz CT molecular complexity index is 1070. The summed E-state index contributed by atoms with van der Waals surface area (Å²) in [6.45, 7) is 4.24. The third-order valence-corrected chi connectivity index (χ3v) is 6.29. The molecule has 1 aromatic carbocycles. The molecule has 1 amide bonds. The van der Waals surface area contributed by atoms with Crippen LogP contribution >= 0.6 is 0 Å². The van der Waals surface area contributed by atoms with Crippen LogP contribution in [0.5, 0.6) is 0 Å². The van der Waals surface area contributed by atoms with Gasteiger partial charge in [0.2, 0.25) is 0 Å². The molecule has 7 heteroatoms. The van der Waals surface area contributed by atoms with E-state index in [4.69, 9.17) is 9.47 Å². The molecule has 0 bridgehead atoms. The summed E-state index contributed by atoms with van der Waals surface area (Å²) in [5.74, 6) is -0.121. The number of hydrogen-bond donors (Lipinski definition) is 1. The summed E-state index contributed by atoms with van der Waals surface area (Å²) >= 11 is 0. The quantitative estimate of drug-likeness (QED) is 0.668. The van der Waals surface area contributed by atoms with Crippen LogP contribution in [0.25, 0.3) is 10.9 Å². The van der Waals surface area contributed by atoms with Gasteiger partial charge in [0.15, 0.2) is 0 Å². The predicted octanol–water partition coefficient (Wildman–Crippen LogP) is 2.81. The number of hydrogen-bond acceptors (Lipinski definition) is 6. The SMILES string of the molecule is O=C(NC[C@H]1CC[C@@]2(COCCN(Cc3cccc4cccnc34)C2)O1)c1cccnc1. The van der Waals surface area contributed by atoms with E-state index in [0.29, 0.717) is 25.3 Å². The second-order valence-electron chi connectivity index (χ2n) is 8.67. The normalized spacial score (nSPS) is 23.9. The van der Waals surface area contributed by atoms with Gasteiger partial charge >= 0.3 is 0 Å². The zero-order chi connectivity index (χ0) is 21.8. The van der Waals surface area contributed by atoms with Crippen molar-refractivity contribution >= 4 is 16.8 Å². The number of benzene rings is 1. The van der Waals surface area contributed by atoms with Crippen molar-refractivity contribution in [1.29, 1.82) is 0 Å². The van der Waals surface area contributed by atoms with Crippen LogP contribution in [0.1, 0.15) is 28.8 Å². The van der Waals surface area contributed by atoms with Gasteiger partial charge in [0.1, 0.15) is 5.60 Å². The van der Waals surface area contributed by atoms with Gasteiger partial charge in [0.25, 0.3) is 5.91 Å². The average Bonchev–Trinajstić information content (AvgIpc) is 3.12. The van der Waals surface area contributed by atoms with E-state index in [1.807, 2.05) is 12.3 Å². The Kier molecular flexibility index (Phi) is 6.12. The number of para-hydroxylation sites is 1. The van der Waals surface area contributed by atoms with Gasteiger partial charge in [-0.25, -0.2) is 0 Å². The van der Waals surface area contributed by atoms with Crippen molar-refractivity contribution < 1.29 is 14.3 Å². The lowest BCUT2D eigenvalue weighted by molar-refractivity contribution is -0.0849. The number of fused-ring (bicyclic) bond motifs is 1. The number of carbonyl (C=O) groups excluding carboxylic acids is 1. The van der Waals surface area contributed by atoms with Crippen LogP contribution in [0.15, 0.2) is 61.1 Å². The molecule has 166 valence electrons. The third kappa shape index (κ3) is 4.65. The van der Waals surface area contributed by atoms with Gasteiger partial charge in [-0.1, -0.05) is 24.3 Å². The fraction of sp³-hybridized carbons (Fsp3) is 0.400. The first kappa shape index (κ1) is 21.0. The van der Waals surface area contributed by atoms with Crippen molar-refractivity contribution in [3.05, 3.63) is 72.2 Å². The molecule has 0 unspecified atom stereocenters. The minimum absolute atomic E-state index is 0.0154. The third-order valence-electron chi connectivity index (χ3n) is 6.29. The Morgan fingerprint density at radius 1 is 1.19 bits per heavy atom. The summed E-state index contributed by atoms with van der Waals surface area (Å²) in [5, 5.41) is 4.14. The zero-order valence-corrected chi connectivity index (χ0v) is 18.1. The van der Waals surface area contributed by atoms with E-state index in [1.54, 1.807) is 24.5 Å². The number of ether oxygens (including phenoxy) is 2. The Balaban J connectivity index is 1.22. The molecule has 7 nitrogen and oxygen atoms in total. The van der Waals surface area contributed by atoms with E-state index in [-0.39, 0.29) is 17.6 Å². The van der Waals surface area contributed by atoms with E-state index in [1.165, 1.54) is 5.56 Å². The van der Waals surface area contributed by atoms with Crippen LogP contribution in [0.3, 0.4) is 0 Å². The van der Waals surface area contributed by atoms with Crippen molar-refractivity contribution in [3.8, 4) is 0 Å². The monoisotopic (exact) mass is 432 g/mol. The van der Waals surface area contributed by atoms with E-state index in [0.717, 1.165) is 43.4 Å². The van der Waals surface area contributed by atoms with Crippen molar-refractivity contribution in [3.63, 3.8) is 0 Å². The minimum atomic E-state index is -0.335. The first-order valence-corrected chi connectivity index (χ1v) is 11.2. The second-order valence-corrected chi connectivity index (χ2v) is 8.67. The molecule has 3 aromatic rings. The highest BCUT2D eigenvalue weighted by molar-refractivity contribution is 5.93. The minimum Gasteiger partial charge on any atom is -0.377 e. The van der Waals surface area contributed by atoms with Crippen molar-refractivity contribution in [2.75, 3.05) is 32.8 Å². The summed E-state index contributed by atoms with van der Waals surface area (Å²) in [6, 6.07) is 13.9. The fourth-order valence-electron chi connectivity index (χ4n) is 4.72. The summed E-state index contributed by atoms with van der Waals surface area (Å²) in [4.78, 5) is 23.4. The van der Waals surface area contributed by atoms with Gasteiger partial charge in [0, 0.05) is 50.2 Å². The lowest BCUT2D eigenvalue weighted by Crippen LogP contribution is -2.45. The lowest BCUT2D eigenvalue weighted by Gasteiger charge is -2.32.